The van der Waals surface area contributed by atoms with Gasteiger partial charge in [-0.15, -0.1) is 5.10 Å². The van der Waals surface area contributed by atoms with Crippen LogP contribution in [0.3, 0.4) is 0 Å². The van der Waals surface area contributed by atoms with Crippen LogP contribution in [0, 0.1) is 5.92 Å². The molecule has 0 amide bonds. The van der Waals surface area contributed by atoms with Crippen LogP contribution in [0.1, 0.15) is 30.7 Å². The van der Waals surface area contributed by atoms with Crippen molar-refractivity contribution in [2.24, 2.45) is 21.9 Å². The molecule has 0 bridgehead atoms. The van der Waals surface area contributed by atoms with Crippen molar-refractivity contribution in [1.82, 2.24) is 0 Å². The summed E-state index contributed by atoms with van der Waals surface area (Å²) in [5, 5.41) is 8.48. The molecule has 3 rings (SSSR count). The Morgan fingerprint density at radius 3 is 2.74 bits per heavy atom. The van der Waals surface area contributed by atoms with Crippen molar-refractivity contribution < 1.29 is 4.74 Å². The highest BCUT2D eigenvalue weighted by Gasteiger charge is 2.30. The Morgan fingerprint density at radius 2 is 2.00 bits per heavy atom. The fourth-order valence-electron chi connectivity index (χ4n) is 2.86. The molecule has 0 spiro atoms. The van der Waals surface area contributed by atoms with E-state index in [1.54, 1.807) is 0 Å². The van der Waals surface area contributed by atoms with Crippen molar-refractivity contribution >= 4 is 11.5 Å². The van der Waals surface area contributed by atoms with Crippen LogP contribution >= 0.6 is 0 Å². The molecule has 4 heteroatoms. The molecule has 0 aliphatic carbocycles. The Hall–Kier alpha value is -1.68. The van der Waals surface area contributed by atoms with Gasteiger partial charge in [-0.2, -0.15) is 5.10 Å². The summed E-state index contributed by atoms with van der Waals surface area (Å²) in [6.07, 6.45) is 3.00. The summed E-state index contributed by atoms with van der Waals surface area (Å²) < 4.78 is 5.59. The van der Waals surface area contributed by atoms with Crippen LogP contribution in [0.4, 0.5) is 0 Å². The summed E-state index contributed by atoms with van der Waals surface area (Å²) in [5.74, 6) is 1.26. The Morgan fingerprint density at radius 1 is 1.16 bits per heavy atom. The summed E-state index contributed by atoms with van der Waals surface area (Å²) >= 11 is 0. The third-order valence-corrected chi connectivity index (χ3v) is 3.84. The molecule has 2 heterocycles. The molecule has 2 N–H and O–H groups in total. The number of hydrogen-bond donors (Lipinski definition) is 1. The van der Waals surface area contributed by atoms with Crippen molar-refractivity contribution in [2.45, 2.75) is 25.2 Å². The van der Waals surface area contributed by atoms with E-state index in [0.29, 0.717) is 11.8 Å². The summed E-state index contributed by atoms with van der Waals surface area (Å²) in [6, 6.07) is 10.4. The SMILES string of the molecule is NC1=NN=C(C2CCCOC2)C(c2ccccc2)C1. The van der Waals surface area contributed by atoms with Crippen LogP contribution in [0.15, 0.2) is 40.5 Å². The lowest BCUT2D eigenvalue weighted by Gasteiger charge is -2.30. The molecular weight excluding hydrogens is 238 g/mol. The van der Waals surface area contributed by atoms with Gasteiger partial charge >= 0.3 is 0 Å². The number of hydrogen-bond acceptors (Lipinski definition) is 4. The van der Waals surface area contributed by atoms with E-state index in [9.17, 15) is 0 Å². The molecule has 2 unspecified atom stereocenters. The van der Waals surface area contributed by atoms with E-state index in [4.69, 9.17) is 10.5 Å². The molecule has 1 aromatic carbocycles. The van der Waals surface area contributed by atoms with Gasteiger partial charge in [-0.25, -0.2) is 0 Å². The van der Waals surface area contributed by atoms with Gasteiger partial charge in [-0.3, -0.25) is 0 Å². The van der Waals surface area contributed by atoms with Crippen LogP contribution in [0.2, 0.25) is 0 Å². The maximum absolute atomic E-state index is 5.87. The normalized spacial score (nSPS) is 27.6. The summed E-state index contributed by atoms with van der Waals surface area (Å²) in [5.41, 5.74) is 8.27. The van der Waals surface area contributed by atoms with Crippen molar-refractivity contribution in [3.8, 4) is 0 Å². The number of benzene rings is 1. The van der Waals surface area contributed by atoms with Crippen LogP contribution < -0.4 is 5.73 Å². The number of nitrogens with two attached hydrogens (primary N) is 1. The van der Waals surface area contributed by atoms with E-state index in [0.717, 1.165) is 38.2 Å². The lowest BCUT2D eigenvalue weighted by Crippen LogP contribution is -2.34. The van der Waals surface area contributed by atoms with Crippen molar-refractivity contribution in [1.29, 1.82) is 0 Å². The van der Waals surface area contributed by atoms with Gasteiger partial charge in [0.1, 0.15) is 5.84 Å². The Kier molecular flexibility index (Phi) is 3.60. The van der Waals surface area contributed by atoms with E-state index in [2.05, 4.69) is 34.5 Å². The second-order valence-corrected chi connectivity index (χ2v) is 5.20. The Balaban J connectivity index is 1.89. The van der Waals surface area contributed by atoms with Gasteiger partial charge in [0, 0.05) is 24.9 Å². The summed E-state index contributed by atoms with van der Waals surface area (Å²) in [6.45, 7) is 1.63. The number of nitrogens with zero attached hydrogens (tertiary/aromatic N) is 2. The highest BCUT2D eigenvalue weighted by Crippen LogP contribution is 2.31. The third-order valence-electron chi connectivity index (χ3n) is 3.84. The zero-order chi connectivity index (χ0) is 13.1. The van der Waals surface area contributed by atoms with Gasteiger partial charge in [-0.05, 0) is 18.4 Å². The minimum Gasteiger partial charge on any atom is -0.386 e. The van der Waals surface area contributed by atoms with Crippen molar-refractivity contribution in [2.75, 3.05) is 13.2 Å². The van der Waals surface area contributed by atoms with Gasteiger partial charge in [0.25, 0.3) is 0 Å². The molecule has 0 aromatic heterocycles. The first-order chi connectivity index (χ1) is 9.34. The molecule has 4 nitrogen and oxygen atoms in total. The van der Waals surface area contributed by atoms with E-state index >= 15 is 0 Å². The standard InChI is InChI=1S/C15H19N3O/c16-14-9-13(11-5-2-1-3-6-11)15(18-17-14)12-7-4-8-19-10-12/h1-3,5-6,12-13H,4,7-10H2,(H2,16,17). The fraction of sp³-hybridized carbons (Fsp3) is 0.467. The first-order valence-electron chi connectivity index (χ1n) is 6.87. The summed E-state index contributed by atoms with van der Waals surface area (Å²) in [7, 11) is 0. The van der Waals surface area contributed by atoms with Crippen LogP contribution in [0.25, 0.3) is 0 Å². The predicted octanol–water partition coefficient (Wildman–Crippen LogP) is 2.31. The number of rotatable bonds is 2. The maximum atomic E-state index is 5.87. The van der Waals surface area contributed by atoms with Gasteiger partial charge in [0.15, 0.2) is 0 Å². The Labute approximate surface area is 113 Å². The molecule has 2 aliphatic rings. The molecule has 2 aliphatic heterocycles. The topological polar surface area (TPSA) is 60.0 Å². The van der Waals surface area contributed by atoms with E-state index in [1.807, 2.05) is 6.07 Å². The molecule has 0 radical (unpaired) electrons. The van der Waals surface area contributed by atoms with Crippen molar-refractivity contribution in [3.05, 3.63) is 35.9 Å². The molecule has 0 saturated carbocycles. The largest absolute Gasteiger partial charge is 0.386 e. The number of amidine groups is 1. The van der Waals surface area contributed by atoms with Crippen molar-refractivity contribution in [3.63, 3.8) is 0 Å². The van der Waals surface area contributed by atoms with Crippen LogP contribution in [-0.4, -0.2) is 24.8 Å². The average Bonchev–Trinajstić information content (AvgIpc) is 2.49. The summed E-state index contributed by atoms with van der Waals surface area (Å²) in [4.78, 5) is 0. The highest BCUT2D eigenvalue weighted by atomic mass is 16.5. The minimum absolute atomic E-state index is 0.255. The first-order valence-corrected chi connectivity index (χ1v) is 6.87. The smallest absolute Gasteiger partial charge is 0.123 e. The molecule has 100 valence electrons. The second kappa shape index (κ2) is 5.53. The quantitative estimate of drug-likeness (QED) is 0.883. The minimum atomic E-state index is 0.255. The molecule has 19 heavy (non-hydrogen) atoms. The van der Waals surface area contributed by atoms with E-state index in [1.165, 1.54) is 5.56 Å². The molecule has 1 saturated heterocycles. The van der Waals surface area contributed by atoms with Crippen LogP contribution in [-0.2, 0) is 4.74 Å². The number of ether oxygens (including phenoxy) is 1. The zero-order valence-corrected chi connectivity index (χ0v) is 11.0. The average molecular weight is 257 g/mol. The van der Waals surface area contributed by atoms with E-state index in [-0.39, 0.29) is 5.92 Å². The molecular formula is C15H19N3O. The molecule has 2 atom stereocenters. The fourth-order valence-corrected chi connectivity index (χ4v) is 2.86. The molecule has 1 aromatic rings. The van der Waals surface area contributed by atoms with Gasteiger partial charge in [0.05, 0.1) is 12.3 Å². The van der Waals surface area contributed by atoms with Gasteiger partial charge < -0.3 is 10.5 Å². The lowest BCUT2D eigenvalue weighted by molar-refractivity contribution is 0.0759. The van der Waals surface area contributed by atoms with E-state index < -0.39 is 0 Å². The zero-order valence-electron chi connectivity index (χ0n) is 11.0. The van der Waals surface area contributed by atoms with Gasteiger partial charge in [-0.1, -0.05) is 30.3 Å². The van der Waals surface area contributed by atoms with Crippen LogP contribution in [0.5, 0.6) is 0 Å². The second-order valence-electron chi connectivity index (χ2n) is 5.20. The van der Waals surface area contributed by atoms with Gasteiger partial charge in [0.2, 0.25) is 0 Å². The third kappa shape index (κ3) is 2.68. The predicted molar refractivity (Wildman–Crippen MR) is 76.4 cm³/mol. The highest BCUT2D eigenvalue weighted by molar-refractivity contribution is 5.99. The molecule has 1 fully saturated rings. The monoisotopic (exact) mass is 257 g/mol. The Bertz CT molecular complexity index is 489. The lowest BCUT2D eigenvalue weighted by atomic mass is 9.81. The maximum Gasteiger partial charge on any atom is 0.123 e. The first kappa shape index (κ1) is 12.4.